The van der Waals surface area contributed by atoms with Gasteiger partial charge < -0.3 is 9.47 Å². The maximum Gasteiger partial charge on any atom is 0.316 e. The van der Waals surface area contributed by atoms with E-state index in [0.29, 0.717) is 0 Å². The van der Waals surface area contributed by atoms with E-state index in [2.05, 4.69) is 0 Å². The van der Waals surface area contributed by atoms with Gasteiger partial charge in [-0.3, -0.25) is 14.9 Å². The van der Waals surface area contributed by atoms with Crippen LogP contribution in [0, 0.1) is 23.0 Å². The predicted octanol–water partition coefficient (Wildman–Crippen LogP) is 1.58. The Morgan fingerprint density at radius 2 is 2.16 bits per heavy atom. The van der Waals surface area contributed by atoms with Crippen LogP contribution in [0.25, 0.3) is 0 Å². The van der Waals surface area contributed by atoms with E-state index in [9.17, 15) is 14.9 Å². The molecule has 1 aromatic rings. The monoisotopic (exact) mass is 265 g/mol. The van der Waals surface area contributed by atoms with Gasteiger partial charge in [0.2, 0.25) is 6.04 Å². The molecular formula is C13H15NO5. The molecule has 0 heterocycles. The Bertz CT molecular complexity index is 488. The maximum absolute atomic E-state index is 11.4. The molecule has 0 amide bonds. The lowest BCUT2D eigenvalue weighted by atomic mass is 10.2. The molecule has 6 nitrogen and oxygen atoms in total. The summed E-state index contributed by atoms with van der Waals surface area (Å²) in [7, 11) is 0. The molecule has 2 atom stereocenters. The first-order valence-electron chi connectivity index (χ1n) is 6.08. The van der Waals surface area contributed by atoms with Crippen molar-refractivity contribution in [2.24, 2.45) is 5.92 Å². The van der Waals surface area contributed by atoms with Gasteiger partial charge in [-0.1, -0.05) is 18.2 Å². The van der Waals surface area contributed by atoms with Gasteiger partial charge in [-0.05, 0) is 18.6 Å². The first kappa shape index (κ1) is 13.3. The Balaban J connectivity index is 1.66. The van der Waals surface area contributed by atoms with Crippen molar-refractivity contribution in [1.82, 2.24) is 0 Å². The van der Waals surface area contributed by atoms with E-state index < -0.39 is 22.9 Å². The molecule has 2 unspecified atom stereocenters. The van der Waals surface area contributed by atoms with Crippen molar-refractivity contribution in [3.63, 3.8) is 0 Å². The van der Waals surface area contributed by atoms with Crippen LogP contribution < -0.4 is 4.74 Å². The molecule has 0 saturated heterocycles. The minimum atomic E-state index is -0.759. The lowest BCUT2D eigenvalue weighted by molar-refractivity contribution is -0.497. The summed E-state index contributed by atoms with van der Waals surface area (Å²) < 4.78 is 10.4. The van der Waals surface area contributed by atoms with E-state index in [1.54, 1.807) is 0 Å². The average Bonchev–Trinajstić information content (AvgIpc) is 3.16. The Kier molecular flexibility index (Phi) is 3.99. The van der Waals surface area contributed by atoms with Crippen molar-refractivity contribution in [2.45, 2.75) is 19.4 Å². The third kappa shape index (κ3) is 3.43. The Hall–Kier alpha value is -2.11. The zero-order valence-corrected chi connectivity index (χ0v) is 10.6. The molecule has 6 heteroatoms. The highest BCUT2D eigenvalue weighted by Crippen LogP contribution is 2.33. The van der Waals surface area contributed by atoms with Crippen molar-refractivity contribution >= 4 is 5.97 Å². The molecule has 1 fully saturated rings. The summed E-state index contributed by atoms with van der Waals surface area (Å²) in [6, 6.07) is 6.77. The van der Waals surface area contributed by atoms with E-state index in [4.69, 9.17) is 9.47 Å². The molecule has 0 spiro atoms. The fourth-order valence-corrected chi connectivity index (χ4v) is 1.79. The average molecular weight is 265 g/mol. The molecule has 102 valence electrons. The summed E-state index contributed by atoms with van der Waals surface area (Å²) in [6.45, 7) is 2.27. The second-order valence-electron chi connectivity index (χ2n) is 4.48. The van der Waals surface area contributed by atoms with Crippen molar-refractivity contribution in [2.75, 3.05) is 13.2 Å². The number of benzene rings is 1. The number of hydrogen-bond donors (Lipinski definition) is 0. The van der Waals surface area contributed by atoms with Crippen molar-refractivity contribution < 1.29 is 19.2 Å². The molecule has 19 heavy (non-hydrogen) atoms. The van der Waals surface area contributed by atoms with Gasteiger partial charge in [-0.15, -0.1) is 0 Å². The van der Waals surface area contributed by atoms with E-state index in [0.717, 1.165) is 11.3 Å². The first-order chi connectivity index (χ1) is 9.09. The van der Waals surface area contributed by atoms with Crippen LogP contribution in [0.3, 0.4) is 0 Å². The zero-order valence-electron chi connectivity index (χ0n) is 10.6. The standard InChI is InChI=1S/C13H15NO5/c1-9-4-2-3-5-12(9)18-6-7-19-13(15)10-8-11(10)14(16)17/h2-5,10-11H,6-8H2,1H3. The normalized spacial score (nSPS) is 20.7. The van der Waals surface area contributed by atoms with Crippen molar-refractivity contribution in [3.05, 3.63) is 39.9 Å². The molecule has 0 radical (unpaired) electrons. The largest absolute Gasteiger partial charge is 0.490 e. The molecule has 0 bridgehead atoms. The van der Waals surface area contributed by atoms with Crippen LogP contribution in [0.1, 0.15) is 12.0 Å². The van der Waals surface area contributed by atoms with Crippen LogP contribution in [0.4, 0.5) is 0 Å². The first-order valence-corrected chi connectivity index (χ1v) is 6.08. The van der Waals surface area contributed by atoms with Gasteiger partial charge in [0.25, 0.3) is 0 Å². The Morgan fingerprint density at radius 3 is 2.79 bits per heavy atom. The smallest absolute Gasteiger partial charge is 0.316 e. The van der Waals surface area contributed by atoms with Crippen LogP contribution in [-0.2, 0) is 9.53 Å². The van der Waals surface area contributed by atoms with E-state index >= 15 is 0 Å². The number of ether oxygens (including phenoxy) is 2. The minimum absolute atomic E-state index is 0.105. The summed E-state index contributed by atoms with van der Waals surface area (Å²) in [5, 5.41) is 10.4. The third-order valence-corrected chi connectivity index (χ3v) is 3.01. The number of para-hydroxylation sites is 1. The number of aryl methyl sites for hydroxylation is 1. The van der Waals surface area contributed by atoms with Gasteiger partial charge in [-0.2, -0.15) is 0 Å². The second-order valence-corrected chi connectivity index (χ2v) is 4.48. The summed E-state index contributed by atoms with van der Waals surface area (Å²) in [5.41, 5.74) is 1.00. The van der Waals surface area contributed by atoms with Crippen LogP contribution >= 0.6 is 0 Å². The zero-order chi connectivity index (χ0) is 13.8. The van der Waals surface area contributed by atoms with E-state index in [1.165, 1.54) is 0 Å². The number of hydrogen-bond acceptors (Lipinski definition) is 5. The lowest BCUT2D eigenvalue weighted by Crippen LogP contribution is -2.17. The number of esters is 1. The van der Waals surface area contributed by atoms with Crippen LogP contribution in [0.15, 0.2) is 24.3 Å². The predicted molar refractivity (Wildman–Crippen MR) is 66.5 cm³/mol. The SMILES string of the molecule is Cc1ccccc1OCCOC(=O)C1CC1[N+](=O)[O-]. The van der Waals surface area contributed by atoms with Crippen LogP contribution in [0.2, 0.25) is 0 Å². The molecular weight excluding hydrogens is 250 g/mol. The second kappa shape index (κ2) is 5.69. The molecule has 0 aromatic heterocycles. The number of carbonyl (C=O) groups is 1. The van der Waals surface area contributed by atoms with Gasteiger partial charge >= 0.3 is 5.97 Å². The lowest BCUT2D eigenvalue weighted by Gasteiger charge is -2.08. The molecule has 2 rings (SSSR count). The molecule has 0 aliphatic heterocycles. The highest BCUT2D eigenvalue weighted by Gasteiger charge is 2.54. The van der Waals surface area contributed by atoms with Gasteiger partial charge in [0.1, 0.15) is 24.9 Å². The molecule has 1 aliphatic carbocycles. The Morgan fingerprint density at radius 1 is 1.42 bits per heavy atom. The number of carbonyl (C=O) groups excluding carboxylic acids is 1. The van der Waals surface area contributed by atoms with Crippen LogP contribution in [-0.4, -0.2) is 30.1 Å². The fraction of sp³-hybridized carbons (Fsp3) is 0.462. The molecule has 1 saturated carbocycles. The number of nitro groups is 1. The molecule has 0 N–H and O–H groups in total. The van der Waals surface area contributed by atoms with Gasteiger partial charge in [0.05, 0.1) is 0 Å². The van der Waals surface area contributed by atoms with Crippen LogP contribution in [0.5, 0.6) is 5.75 Å². The summed E-state index contributed by atoms with van der Waals surface area (Å²) in [5.74, 6) is -0.336. The van der Waals surface area contributed by atoms with Crippen molar-refractivity contribution in [1.29, 1.82) is 0 Å². The third-order valence-electron chi connectivity index (χ3n) is 3.01. The van der Waals surface area contributed by atoms with Gasteiger partial charge in [0, 0.05) is 11.3 Å². The number of nitrogens with zero attached hydrogens (tertiary/aromatic N) is 1. The van der Waals surface area contributed by atoms with Gasteiger partial charge in [-0.25, -0.2) is 0 Å². The quantitative estimate of drug-likeness (QED) is 0.338. The minimum Gasteiger partial charge on any atom is -0.490 e. The Labute approximate surface area is 110 Å². The number of rotatable bonds is 6. The van der Waals surface area contributed by atoms with Crippen molar-refractivity contribution in [3.8, 4) is 5.75 Å². The molecule has 1 aliphatic rings. The van der Waals surface area contributed by atoms with E-state index in [-0.39, 0.29) is 19.6 Å². The fourth-order valence-electron chi connectivity index (χ4n) is 1.79. The highest BCUT2D eigenvalue weighted by molar-refractivity contribution is 5.76. The van der Waals surface area contributed by atoms with E-state index in [1.807, 2.05) is 31.2 Å². The summed E-state index contributed by atoms with van der Waals surface area (Å²) in [4.78, 5) is 21.4. The summed E-state index contributed by atoms with van der Waals surface area (Å²) >= 11 is 0. The van der Waals surface area contributed by atoms with Gasteiger partial charge in [0.15, 0.2) is 0 Å². The topological polar surface area (TPSA) is 78.7 Å². The highest BCUT2D eigenvalue weighted by atomic mass is 16.6. The molecule has 1 aromatic carbocycles. The maximum atomic E-state index is 11.4. The summed E-state index contributed by atoms with van der Waals surface area (Å²) in [6.07, 6.45) is 0.282.